The van der Waals surface area contributed by atoms with Gasteiger partial charge in [-0.15, -0.1) is 11.3 Å². The number of methoxy groups -OCH3 is 1. The van der Waals surface area contributed by atoms with Crippen LogP contribution in [0.4, 0.5) is 0 Å². The van der Waals surface area contributed by atoms with E-state index in [-0.39, 0.29) is 5.91 Å². The van der Waals surface area contributed by atoms with Crippen molar-refractivity contribution in [3.8, 4) is 16.5 Å². The average Bonchev–Trinajstić information content (AvgIpc) is 3.24. The highest BCUT2D eigenvalue weighted by Gasteiger charge is 2.09. The van der Waals surface area contributed by atoms with E-state index in [0.717, 1.165) is 16.2 Å². The molecule has 0 unspecified atom stereocenters. The fourth-order valence-corrected chi connectivity index (χ4v) is 2.78. The highest BCUT2D eigenvalue weighted by Crippen LogP contribution is 2.23. The summed E-state index contributed by atoms with van der Waals surface area (Å²) >= 11 is 1.56. The van der Waals surface area contributed by atoms with Gasteiger partial charge in [-0.25, -0.2) is 4.98 Å². The van der Waals surface area contributed by atoms with Crippen molar-refractivity contribution in [3.63, 3.8) is 0 Å². The van der Waals surface area contributed by atoms with Gasteiger partial charge in [0.1, 0.15) is 12.0 Å². The number of nitrogens with zero attached hydrogens (tertiary/aromatic N) is 1. The number of amides is 1. The van der Waals surface area contributed by atoms with Gasteiger partial charge >= 0.3 is 0 Å². The lowest BCUT2D eigenvalue weighted by Crippen LogP contribution is -2.24. The lowest BCUT2D eigenvalue weighted by Gasteiger charge is -2.05. The first-order chi connectivity index (χ1) is 11.2. The Morgan fingerprint density at radius 1 is 1.35 bits per heavy atom. The summed E-state index contributed by atoms with van der Waals surface area (Å²) in [6.45, 7) is 0.345. The van der Waals surface area contributed by atoms with Crippen LogP contribution in [0, 0.1) is 0 Å². The number of carbonyl (C=O) groups excluding carboxylic acids is 1. The van der Waals surface area contributed by atoms with Crippen molar-refractivity contribution >= 4 is 17.2 Å². The molecular formula is C17H16N2O3S. The topological polar surface area (TPSA) is 64.4 Å². The number of hydrogen-bond donors (Lipinski definition) is 1. The summed E-state index contributed by atoms with van der Waals surface area (Å²) in [7, 11) is 1.61. The first kappa shape index (κ1) is 15.3. The lowest BCUT2D eigenvalue weighted by molar-refractivity contribution is -0.120. The molecule has 23 heavy (non-hydrogen) atoms. The Balaban J connectivity index is 1.54. The largest absolute Gasteiger partial charge is 0.497 e. The predicted molar refractivity (Wildman–Crippen MR) is 88.4 cm³/mol. The zero-order chi connectivity index (χ0) is 16.1. The molecule has 2 aromatic heterocycles. The summed E-state index contributed by atoms with van der Waals surface area (Å²) in [6.07, 6.45) is 1.87. The van der Waals surface area contributed by atoms with E-state index in [9.17, 15) is 4.79 Å². The Labute approximate surface area is 137 Å². The fourth-order valence-electron chi connectivity index (χ4n) is 2.12. The number of aromatic nitrogens is 1. The smallest absolute Gasteiger partial charge is 0.236 e. The second-order valence-corrected chi connectivity index (χ2v) is 5.87. The maximum atomic E-state index is 12.0. The zero-order valence-electron chi connectivity index (χ0n) is 12.6. The summed E-state index contributed by atoms with van der Waals surface area (Å²) in [5.41, 5.74) is 1.61. The van der Waals surface area contributed by atoms with Crippen molar-refractivity contribution in [1.29, 1.82) is 0 Å². The molecule has 0 radical (unpaired) electrons. The summed E-state index contributed by atoms with van der Waals surface area (Å²) in [5, 5.41) is 4.81. The molecule has 3 rings (SSSR count). The summed E-state index contributed by atoms with van der Waals surface area (Å²) in [4.78, 5) is 17.4. The Hall–Kier alpha value is -2.60. The van der Waals surface area contributed by atoms with Gasteiger partial charge in [-0.05, 0) is 29.1 Å². The van der Waals surface area contributed by atoms with Gasteiger partial charge in [0.15, 0.2) is 0 Å². The van der Waals surface area contributed by atoms with E-state index < -0.39 is 0 Å². The van der Waals surface area contributed by atoms with Crippen LogP contribution in [0.25, 0.3) is 10.8 Å². The number of hydrogen-bond acceptors (Lipinski definition) is 5. The number of nitrogens with one attached hydrogen (secondary N) is 1. The van der Waals surface area contributed by atoms with Crippen LogP contribution in [-0.4, -0.2) is 18.0 Å². The van der Waals surface area contributed by atoms with E-state index in [1.807, 2.05) is 41.8 Å². The van der Waals surface area contributed by atoms with Crippen LogP contribution in [0.1, 0.15) is 11.3 Å². The van der Waals surface area contributed by atoms with Crippen LogP contribution in [0.5, 0.6) is 5.75 Å². The summed E-state index contributed by atoms with van der Waals surface area (Å²) in [5.74, 6) is 1.25. The van der Waals surface area contributed by atoms with Gasteiger partial charge in [0, 0.05) is 0 Å². The third kappa shape index (κ3) is 3.98. The minimum atomic E-state index is -0.0704. The predicted octanol–water partition coefficient (Wildman–Crippen LogP) is 3.27. The molecule has 0 aliphatic carbocycles. The van der Waals surface area contributed by atoms with Crippen LogP contribution in [0.2, 0.25) is 0 Å². The van der Waals surface area contributed by atoms with Gasteiger partial charge in [-0.3, -0.25) is 4.79 Å². The Morgan fingerprint density at radius 3 is 3.04 bits per heavy atom. The molecule has 0 aliphatic rings. The SMILES string of the molecule is COc1cccc(CC(=O)NCc2coc(-c3cccs3)n2)c1. The molecule has 6 heteroatoms. The van der Waals surface area contributed by atoms with Crippen LogP contribution in [0.3, 0.4) is 0 Å². The summed E-state index contributed by atoms with van der Waals surface area (Å²) < 4.78 is 10.6. The molecule has 0 saturated heterocycles. The van der Waals surface area contributed by atoms with Gasteiger partial charge in [-0.2, -0.15) is 0 Å². The maximum Gasteiger partial charge on any atom is 0.236 e. The van der Waals surface area contributed by atoms with Crippen molar-refractivity contribution in [1.82, 2.24) is 10.3 Å². The fraction of sp³-hybridized carbons (Fsp3) is 0.176. The summed E-state index contributed by atoms with van der Waals surface area (Å²) in [6, 6.07) is 11.4. The van der Waals surface area contributed by atoms with Gasteiger partial charge in [0.2, 0.25) is 11.8 Å². The normalized spacial score (nSPS) is 10.5. The van der Waals surface area contributed by atoms with Gasteiger partial charge in [0.05, 0.1) is 30.6 Å². The quantitative estimate of drug-likeness (QED) is 0.754. The lowest BCUT2D eigenvalue weighted by atomic mass is 10.1. The van der Waals surface area contributed by atoms with Crippen molar-refractivity contribution in [2.24, 2.45) is 0 Å². The molecule has 118 valence electrons. The van der Waals surface area contributed by atoms with E-state index >= 15 is 0 Å². The first-order valence-corrected chi connectivity index (χ1v) is 8.00. The second kappa shape index (κ2) is 7.11. The number of ether oxygens (including phenoxy) is 1. The van der Waals surface area contributed by atoms with Crippen molar-refractivity contribution in [3.05, 3.63) is 59.3 Å². The molecule has 0 bridgehead atoms. The zero-order valence-corrected chi connectivity index (χ0v) is 13.4. The van der Waals surface area contributed by atoms with Crippen molar-refractivity contribution in [2.45, 2.75) is 13.0 Å². The maximum absolute atomic E-state index is 12.0. The molecule has 1 N–H and O–H groups in total. The third-order valence-corrected chi connectivity index (χ3v) is 4.11. The van der Waals surface area contributed by atoms with Crippen LogP contribution < -0.4 is 10.1 Å². The number of rotatable bonds is 6. The minimum absolute atomic E-state index is 0.0704. The monoisotopic (exact) mass is 328 g/mol. The highest BCUT2D eigenvalue weighted by molar-refractivity contribution is 7.13. The molecule has 0 atom stereocenters. The molecular weight excluding hydrogens is 312 g/mol. The van der Waals surface area contributed by atoms with Gasteiger partial charge < -0.3 is 14.5 Å². The van der Waals surface area contributed by atoms with Crippen molar-refractivity contribution < 1.29 is 13.9 Å². The molecule has 0 aliphatic heterocycles. The molecule has 1 amide bonds. The van der Waals surface area contributed by atoms with E-state index in [4.69, 9.17) is 9.15 Å². The highest BCUT2D eigenvalue weighted by atomic mass is 32.1. The average molecular weight is 328 g/mol. The molecule has 0 saturated carbocycles. The number of benzene rings is 1. The van der Waals surface area contributed by atoms with Crippen LogP contribution in [0.15, 0.2) is 52.5 Å². The van der Waals surface area contributed by atoms with E-state index in [1.54, 1.807) is 24.7 Å². The molecule has 3 aromatic rings. The molecule has 5 nitrogen and oxygen atoms in total. The first-order valence-electron chi connectivity index (χ1n) is 7.12. The van der Waals surface area contributed by atoms with Gasteiger partial charge in [0.25, 0.3) is 0 Å². The Bertz CT molecular complexity index is 781. The van der Waals surface area contributed by atoms with E-state index in [1.165, 1.54) is 0 Å². The minimum Gasteiger partial charge on any atom is -0.497 e. The van der Waals surface area contributed by atoms with E-state index in [0.29, 0.717) is 24.6 Å². The number of thiophene rings is 1. The van der Waals surface area contributed by atoms with Crippen molar-refractivity contribution in [2.75, 3.05) is 7.11 Å². The van der Waals surface area contributed by atoms with E-state index in [2.05, 4.69) is 10.3 Å². The van der Waals surface area contributed by atoms with Gasteiger partial charge in [-0.1, -0.05) is 18.2 Å². The van der Waals surface area contributed by atoms with Crippen LogP contribution in [-0.2, 0) is 17.8 Å². The molecule has 0 fully saturated rings. The molecule has 0 spiro atoms. The number of oxazole rings is 1. The third-order valence-electron chi connectivity index (χ3n) is 3.25. The van der Waals surface area contributed by atoms with Crippen LogP contribution >= 0.6 is 11.3 Å². The Kier molecular flexibility index (Phi) is 4.73. The second-order valence-electron chi connectivity index (χ2n) is 4.93. The molecule has 2 heterocycles. The standard InChI is InChI=1S/C17H16N2O3S/c1-21-14-5-2-4-12(8-14)9-16(20)18-10-13-11-22-17(19-13)15-6-3-7-23-15/h2-8,11H,9-10H2,1H3,(H,18,20). The number of carbonyl (C=O) groups is 1. The molecule has 1 aromatic carbocycles. The Morgan fingerprint density at radius 2 is 2.26 bits per heavy atom.